The van der Waals surface area contributed by atoms with Crippen LogP contribution in [0.2, 0.25) is 0 Å². The zero-order valence-corrected chi connectivity index (χ0v) is 17.4. The summed E-state index contributed by atoms with van der Waals surface area (Å²) in [5.74, 6) is -0.462. The van der Waals surface area contributed by atoms with Gasteiger partial charge in [0.25, 0.3) is 5.56 Å². The van der Waals surface area contributed by atoms with Crippen LogP contribution in [0.15, 0.2) is 52.7 Å². The van der Waals surface area contributed by atoms with Crippen LogP contribution in [0.25, 0.3) is 10.9 Å². The van der Waals surface area contributed by atoms with Gasteiger partial charge in [0.05, 0.1) is 23.6 Å². The molecule has 152 valence electrons. The predicted molar refractivity (Wildman–Crippen MR) is 112 cm³/mol. The van der Waals surface area contributed by atoms with Gasteiger partial charge in [-0.3, -0.25) is 14.3 Å². The van der Waals surface area contributed by atoms with Crippen LogP contribution in [-0.4, -0.2) is 41.3 Å². The highest BCUT2D eigenvalue weighted by Gasteiger charge is 2.17. The van der Waals surface area contributed by atoms with Crippen molar-refractivity contribution in [2.24, 2.45) is 0 Å². The number of carbonyl (C=O) groups excluding carboxylic acids is 1. The van der Waals surface area contributed by atoms with Crippen molar-refractivity contribution >= 4 is 28.6 Å². The van der Waals surface area contributed by atoms with Gasteiger partial charge in [-0.05, 0) is 43.2 Å². The first-order valence-electron chi connectivity index (χ1n) is 9.23. The fourth-order valence-corrected chi connectivity index (χ4v) is 3.99. The third-order valence-electron chi connectivity index (χ3n) is 4.51. The Morgan fingerprint density at radius 1 is 1.28 bits per heavy atom. The van der Waals surface area contributed by atoms with E-state index in [4.69, 9.17) is 14.5 Å². The maximum atomic E-state index is 13.2. The minimum absolute atomic E-state index is 0.0468. The van der Waals surface area contributed by atoms with Gasteiger partial charge in [0.15, 0.2) is 5.16 Å². The van der Waals surface area contributed by atoms with Crippen LogP contribution in [0.5, 0.6) is 0 Å². The molecule has 0 radical (unpaired) electrons. The van der Waals surface area contributed by atoms with Crippen LogP contribution in [0.3, 0.4) is 0 Å². The number of benzene rings is 1. The van der Waals surface area contributed by atoms with Gasteiger partial charge >= 0.3 is 5.97 Å². The first kappa shape index (κ1) is 21.0. The highest BCUT2D eigenvalue weighted by molar-refractivity contribution is 7.99. The van der Waals surface area contributed by atoms with E-state index in [1.165, 1.54) is 18.9 Å². The Kier molecular flexibility index (Phi) is 7.00. The molecule has 0 saturated carbocycles. The molecule has 7 nitrogen and oxygen atoms in total. The van der Waals surface area contributed by atoms with Gasteiger partial charge in [-0.15, -0.1) is 0 Å². The van der Waals surface area contributed by atoms with Crippen molar-refractivity contribution in [2.45, 2.75) is 30.3 Å². The highest BCUT2D eigenvalue weighted by Crippen LogP contribution is 2.33. The molecule has 0 N–H and O–H groups in total. The van der Waals surface area contributed by atoms with Crippen molar-refractivity contribution in [3.63, 3.8) is 0 Å². The summed E-state index contributed by atoms with van der Waals surface area (Å²) >= 11 is 1.49. The smallest absolute Gasteiger partial charge is 0.337 e. The molecule has 0 amide bonds. The Hall–Kier alpha value is -2.71. The molecule has 3 aromatic rings. The van der Waals surface area contributed by atoms with E-state index in [-0.39, 0.29) is 10.8 Å². The summed E-state index contributed by atoms with van der Waals surface area (Å²) in [7, 11) is 2.96. The van der Waals surface area contributed by atoms with Crippen molar-refractivity contribution in [3.05, 3.63) is 64.2 Å². The van der Waals surface area contributed by atoms with Crippen molar-refractivity contribution in [3.8, 4) is 0 Å². The molecule has 8 heteroatoms. The Bertz CT molecular complexity index is 1050. The van der Waals surface area contributed by atoms with Crippen LogP contribution in [0.4, 0.5) is 0 Å². The zero-order chi connectivity index (χ0) is 20.8. The van der Waals surface area contributed by atoms with Crippen LogP contribution in [0, 0.1) is 0 Å². The van der Waals surface area contributed by atoms with E-state index < -0.39 is 5.97 Å². The zero-order valence-electron chi connectivity index (χ0n) is 16.6. The number of ether oxygens (including phenoxy) is 2. The molecule has 0 bridgehead atoms. The van der Waals surface area contributed by atoms with Gasteiger partial charge in [0.1, 0.15) is 0 Å². The third-order valence-corrected chi connectivity index (χ3v) is 5.66. The fraction of sp³-hybridized carbons (Fsp3) is 0.333. The van der Waals surface area contributed by atoms with E-state index in [1.54, 1.807) is 42.3 Å². The second-order valence-corrected chi connectivity index (χ2v) is 7.78. The number of nitrogens with zero attached hydrogens (tertiary/aromatic N) is 3. The lowest BCUT2D eigenvalue weighted by Crippen LogP contribution is -2.24. The number of hydrogen-bond donors (Lipinski definition) is 0. The highest BCUT2D eigenvalue weighted by atomic mass is 32.2. The molecule has 2 aromatic heterocycles. The second-order valence-electron chi connectivity index (χ2n) is 6.47. The summed E-state index contributed by atoms with van der Waals surface area (Å²) in [6.07, 6.45) is 4.23. The molecule has 29 heavy (non-hydrogen) atoms. The maximum Gasteiger partial charge on any atom is 0.337 e. The molecule has 3 rings (SSSR count). The van der Waals surface area contributed by atoms with Crippen LogP contribution < -0.4 is 5.56 Å². The minimum Gasteiger partial charge on any atom is -0.465 e. The topological polar surface area (TPSA) is 83.3 Å². The van der Waals surface area contributed by atoms with E-state index in [0.717, 1.165) is 5.56 Å². The van der Waals surface area contributed by atoms with Gasteiger partial charge in [-0.1, -0.05) is 17.8 Å². The molecule has 0 saturated heterocycles. The van der Waals surface area contributed by atoms with Gasteiger partial charge in [-0.25, -0.2) is 9.78 Å². The van der Waals surface area contributed by atoms with Gasteiger partial charge in [0.2, 0.25) is 0 Å². The van der Waals surface area contributed by atoms with Crippen molar-refractivity contribution in [1.82, 2.24) is 14.5 Å². The Morgan fingerprint density at radius 3 is 2.79 bits per heavy atom. The van der Waals surface area contributed by atoms with E-state index in [1.807, 2.05) is 19.1 Å². The predicted octanol–water partition coefficient (Wildman–Crippen LogP) is 3.47. The van der Waals surface area contributed by atoms with E-state index in [2.05, 4.69) is 4.98 Å². The lowest BCUT2D eigenvalue weighted by Gasteiger charge is -2.16. The molecule has 0 fully saturated rings. The summed E-state index contributed by atoms with van der Waals surface area (Å²) < 4.78 is 11.6. The summed E-state index contributed by atoms with van der Waals surface area (Å²) in [4.78, 5) is 33.9. The van der Waals surface area contributed by atoms with Gasteiger partial charge < -0.3 is 9.47 Å². The van der Waals surface area contributed by atoms with Crippen molar-refractivity contribution < 1.29 is 14.3 Å². The van der Waals surface area contributed by atoms with E-state index >= 15 is 0 Å². The number of hydrogen-bond acceptors (Lipinski definition) is 7. The Morgan fingerprint density at radius 2 is 2.10 bits per heavy atom. The first-order valence-corrected chi connectivity index (χ1v) is 10.1. The molecule has 0 aliphatic carbocycles. The monoisotopic (exact) mass is 413 g/mol. The molecule has 1 unspecified atom stereocenters. The number of methoxy groups -OCH3 is 2. The molecule has 1 aromatic carbocycles. The summed E-state index contributed by atoms with van der Waals surface area (Å²) in [5.41, 5.74) is 1.74. The number of aromatic nitrogens is 3. The van der Waals surface area contributed by atoms with Crippen LogP contribution in [-0.2, 0) is 16.0 Å². The summed E-state index contributed by atoms with van der Waals surface area (Å²) in [6.45, 7) is 3.09. The molecule has 0 spiro atoms. The Labute approximate surface area is 173 Å². The minimum atomic E-state index is -0.462. The molecular formula is C21H23N3O4S. The lowest BCUT2D eigenvalue weighted by atomic mass is 10.1. The lowest BCUT2D eigenvalue weighted by molar-refractivity contribution is 0.0601. The first-order chi connectivity index (χ1) is 14.0. The number of fused-ring (bicyclic) bond motifs is 1. The average Bonchev–Trinajstić information content (AvgIpc) is 2.75. The van der Waals surface area contributed by atoms with Crippen LogP contribution >= 0.6 is 11.8 Å². The quantitative estimate of drug-likeness (QED) is 0.242. The normalized spacial score (nSPS) is 12.1. The van der Waals surface area contributed by atoms with E-state index in [9.17, 15) is 9.59 Å². The van der Waals surface area contributed by atoms with Crippen molar-refractivity contribution in [1.29, 1.82) is 0 Å². The second kappa shape index (κ2) is 9.67. The van der Waals surface area contributed by atoms with Crippen LogP contribution in [0.1, 0.15) is 34.5 Å². The SMILES string of the molecule is COCCCn1c(SC(C)c2cccnc2)nc2cc(C(=O)OC)ccc2c1=O. The molecule has 0 aliphatic heterocycles. The fourth-order valence-electron chi connectivity index (χ4n) is 2.94. The average molecular weight is 413 g/mol. The largest absolute Gasteiger partial charge is 0.465 e. The third kappa shape index (κ3) is 4.83. The maximum absolute atomic E-state index is 13.2. The molecular weight excluding hydrogens is 390 g/mol. The standard InChI is InChI=1S/C21H23N3O4S/c1-14(16-6-4-9-22-13-16)29-21-23-18-12-15(20(26)28-3)7-8-17(18)19(25)24(21)10-5-11-27-2/h4,6-9,12-14H,5,10-11H2,1-3H3. The number of thioether (sulfide) groups is 1. The van der Waals surface area contributed by atoms with E-state index in [0.29, 0.717) is 41.2 Å². The number of rotatable bonds is 8. The number of pyridine rings is 1. The Balaban J connectivity index is 2.06. The molecule has 1 atom stereocenters. The van der Waals surface area contributed by atoms with Gasteiger partial charge in [0, 0.05) is 37.9 Å². The van der Waals surface area contributed by atoms with Crippen molar-refractivity contribution in [2.75, 3.05) is 20.8 Å². The summed E-state index contributed by atoms with van der Waals surface area (Å²) in [5, 5.41) is 1.11. The molecule has 2 heterocycles. The van der Waals surface area contributed by atoms with Gasteiger partial charge in [-0.2, -0.15) is 0 Å². The number of esters is 1. The number of carbonyl (C=O) groups is 1. The molecule has 0 aliphatic rings. The summed E-state index contributed by atoms with van der Waals surface area (Å²) in [6, 6.07) is 8.69.